The molecule has 30 heavy (non-hydrogen) atoms. The van der Waals surface area contributed by atoms with Crippen LogP contribution in [-0.4, -0.2) is 38.1 Å². The number of benzene rings is 3. The number of carbonyl (C=O) groups excluding carboxylic acids is 1. The van der Waals surface area contributed by atoms with Gasteiger partial charge < -0.3 is 9.64 Å². The average Bonchev–Trinajstić information content (AvgIpc) is 2.69. The summed E-state index contributed by atoms with van der Waals surface area (Å²) >= 11 is 12.1. The Morgan fingerprint density at radius 2 is 1.77 bits per heavy atom. The Bertz CT molecular complexity index is 986. The van der Waals surface area contributed by atoms with Gasteiger partial charge in [-0.15, -0.1) is 12.4 Å². The molecular weight excluding hydrogens is 441 g/mol. The van der Waals surface area contributed by atoms with E-state index in [2.05, 4.69) is 49.3 Å². The largest absolute Gasteiger partial charge is 0.461 e. The summed E-state index contributed by atoms with van der Waals surface area (Å²) in [7, 11) is 4.13. The summed E-state index contributed by atoms with van der Waals surface area (Å²) in [5, 5.41) is 3.18. The van der Waals surface area contributed by atoms with E-state index >= 15 is 0 Å². The Hall–Kier alpha value is -1.78. The van der Waals surface area contributed by atoms with Crippen LogP contribution < -0.4 is 0 Å². The molecular formula is C24H26Cl3NO2. The molecule has 0 aliphatic carbocycles. The van der Waals surface area contributed by atoms with Gasteiger partial charge in [-0.1, -0.05) is 65.7 Å². The van der Waals surface area contributed by atoms with Crippen molar-refractivity contribution in [3.8, 4) is 0 Å². The molecule has 1 unspecified atom stereocenters. The first-order valence-corrected chi connectivity index (χ1v) is 10.5. The quantitative estimate of drug-likeness (QED) is 0.340. The van der Waals surface area contributed by atoms with Gasteiger partial charge in [0.2, 0.25) is 0 Å². The molecule has 0 radical (unpaired) electrons. The van der Waals surface area contributed by atoms with E-state index in [0.717, 1.165) is 19.4 Å². The minimum absolute atomic E-state index is 0. The summed E-state index contributed by atoms with van der Waals surface area (Å²) in [5.41, 5.74) is 1.54. The fraction of sp³-hybridized carbons (Fsp3) is 0.292. The van der Waals surface area contributed by atoms with E-state index in [0.29, 0.717) is 22.2 Å². The molecule has 0 bridgehead atoms. The van der Waals surface area contributed by atoms with Gasteiger partial charge in [-0.05, 0) is 68.0 Å². The van der Waals surface area contributed by atoms with E-state index in [1.807, 2.05) is 12.1 Å². The number of hydrogen-bond acceptors (Lipinski definition) is 3. The Morgan fingerprint density at radius 1 is 1.03 bits per heavy atom. The monoisotopic (exact) mass is 465 g/mol. The van der Waals surface area contributed by atoms with Crippen molar-refractivity contribution < 1.29 is 9.53 Å². The molecule has 0 heterocycles. The highest BCUT2D eigenvalue weighted by Gasteiger charge is 2.19. The minimum Gasteiger partial charge on any atom is -0.461 e. The molecule has 0 saturated carbocycles. The smallest absolute Gasteiger partial charge is 0.339 e. The fourth-order valence-electron chi connectivity index (χ4n) is 3.50. The van der Waals surface area contributed by atoms with Crippen LogP contribution in [0.5, 0.6) is 0 Å². The number of halogens is 3. The maximum Gasteiger partial charge on any atom is 0.339 e. The first-order chi connectivity index (χ1) is 14.0. The second-order valence-electron chi connectivity index (χ2n) is 7.43. The van der Waals surface area contributed by atoms with Crippen molar-refractivity contribution in [2.75, 3.05) is 27.2 Å². The molecule has 0 aromatic heterocycles. The lowest BCUT2D eigenvalue weighted by Gasteiger charge is -2.21. The molecule has 0 saturated heterocycles. The average molecular weight is 467 g/mol. The number of hydrogen-bond donors (Lipinski definition) is 0. The number of carbonyl (C=O) groups is 1. The summed E-state index contributed by atoms with van der Waals surface area (Å²) in [6.07, 6.45) is 1.94. The van der Waals surface area contributed by atoms with Crippen molar-refractivity contribution in [1.82, 2.24) is 4.90 Å². The zero-order valence-corrected chi connectivity index (χ0v) is 19.4. The topological polar surface area (TPSA) is 29.5 Å². The van der Waals surface area contributed by atoms with Crippen LogP contribution in [0.25, 0.3) is 10.8 Å². The highest BCUT2D eigenvalue weighted by molar-refractivity contribution is 6.36. The van der Waals surface area contributed by atoms with E-state index in [4.69, 9.17) is 27.9 Å². The van der Waals surface area contributed by atoms with Gasteiger partial charge in [-0.2, -0.15) is 0 Å². The standard InChI is InChI=1S/C24H25Cl2NO2.ClH/c1-27(2)14-6-9-18(21-11-5-8-17-7-3-4-10-20(17)21)16-29-24(28)22-13-12-19(25)15-23(22)26;/h3-5,7-8,10-13,15,18H,6,9,14,16H2,1-2H3;1H. The van der Waals surface area contributed by atoms with E-state index in [9.17, 15) is 4.79 Å². The molecule has 0 amide bonds. The van der Waals surface area contributed by atoms with Crippen molar-refractivity contribution in [1.29, 1.82) is 0 Å². The predicted octanol–water partition coefficient (Wildman–Crippen LogP) is 6.85. The first kappa shape index (κ1) is 24.5. The van der Waals surface area contributed by atoms with Gasteiger partial charge in [0, 0.05) is 10.9 Å². The SMILES string of the molecule is CN(C)CCCC(COC(=O)c1ccc(Cl)cc1Cl)c1cccc2ccccc12.Cl. The van der Waals surface area contributed by atoms with E-state index in [-0.39, 0.29) is 18.3 Å². The van der Waals surface area contributed by atoms with E-state index in [1.54, 1.807) is 18.2 Å². The van der Waals surface area contributed by atoms with Crippen molar-refractivity contribution in [2.24, 2.45) is 0 Å². The lowest BCUT2D eigenvalue weighted by Crippen LogP contribution is -2.17. The van der Waals surface area contributed by atoms with Crippen molar-refractivity contribution in [2.45, 2.75) is 18.8 Å². The molecule has 0 fully saturated rings. The third-order valence-electron chi connectivity index (χ3n) is 4.99. The van der Waals surface area contributed by atoms with Gasteiger partial charge in [0.15, 0.2) is 0 Å². The van der Waals surface area contributed by atoms with Crippen LogP contribution in [0.1, 0.15) is 34.7 Å². The van der Waals surface area contributed by atoms with Crippen molar-refractivity contribution in [3.05, 3.63) is 81.8 Å². The van der Waals surface area contributed by atoms with Crippen LogP contribution in [0.2, 0.25) is 10.0 Å². The molecule has 3 rings (SSSR count). The molecule has 0 aliphatic heterocycles. The normalized spacial score (nSPS) is 11.9. The first-order valence-electron chi connectivity index (χ1n) is 9.70. The molecule has 3 aromatic rings. The summed E-state index contributed by atoms with van der Waals surface area (Å²) in [4.78, 5) is 14.8. The van der Waals surface area contributed by atoms with E-state index in [1.165, 1.54) is 16.3 Å². The molecule has 0 N–H and O–H groups in total. The second kappa shape index (κ2) is 11.6. The Balaban J connectivity index is 0.00000320. The number of rotatable bonds is 8. The molecule has 3 aromatic carbocycles. The molecule has 3 nitrogen and oxygen atoms in total. The van der Waals surface area contributed by atoms with Crippen LogP contribution in [0.3, 0.4) is 0 Å². The molecule has 6 heteroatoms. The lowest BCUT2D eigenvalue weighted by atomic mass is 9.90. The maximum atomic E-state index is 12.6. The summed E-state index contributed by atoms with van der Waals surface area (Å²) in [5.74, 6) is -0.319. The van der Waals surface area contributed by atoms with Gasteiger partial charge >= 0.3 is 5.97 Å². The minimum atomic E-state index is -0.426. The third-order valence-corrected chi connectivity index (χ3v) is 5.54. The van der Waals surface area contributed by atoms with Crippen LogP contribution in [-0.2, 0) is 4.74 Å². The fourth-order valence-corrected chi connectivity index (χ4v) is 3.98. The number of esters is 1. The lowest BCUT2D eigenvalue weighted by molar-refractivity contribution is 0.0474. The summed E-state index contributed by atoms with van der Waals surface area (Å²) in [6.45, 7) is 1.29. The van der Waals surface area contributed by atoms with Gasteiger partial charge in [-0.3, -0.25) is 0 Å². The molecule has 0 spiro atoms. The molecule has 0 aliphatic rings. The number of nitrogens with zero attached hydrogens (tertiary/aromatic N) is 1. The van der Waals surface area contributed by atoms with Gasteiger partial charge in [-0.25, -0.2) is 4.79 Å². The number of ether oxygens (including phenoxy) is 1. The van der Waals surface area contributed by atoms with Crippen molar-refractivity contribution >= 4 is 52.4 Å². The van der Waals surface area contributed by atoms with Gasteiger partial charge in [0.25, 0.3) is 0 Å². The third kappa shape index (κ3) is 6.36. The van der Waals surface area contributed by atoms with Crippen LogP contribution in [0, 0.1) is 0 Å². The molecule has 160 valence electrons. The van der Waals surface area contributed by atoms with E-state index < -0.39 is 5.97 Å². The summed E-state index contributed by atoms with van der Waals surface area (Å²) < 4.78 is 5.69. The Labute approximate surface area is 194 Å². The Kier molecular flexibility index (Phi) is 9.44. The number of fused-ring (bicyclic) bond motifs is 1. The van der Waals surface area contributed by atoms with Crippen LogP contribution >= 0.6 is 35.6 Å². The maximum absolute atomic E-state index is 12.6. The van der Waals surface area contributed by atoms with Crippen LogP contribution in [0.15, 0.2) is 60.7 Å². The van der Waals surface area contributed by atoms with Crippen molar-refractivity contribution in [3.63, 3.8) is 0 Å². The predicted molar refractivity (Wildman–Crippen MR) is 128 cm³/mol. The van der Waals surface area contributed by atoms with Crippen LogP contribution in [0.4, 0.5) is 0 Å². The zero-order chi connectivity index (χ0) is 20.8. The summed E-state index contributed by atoms with van der Waals surface area (Å²) in [6, 6.07) is 19.4. The zero-order valence-electron chi connectivity index (χ0n) is 17.1. The molecule has 1 atom stereocenters. The highest BCUT2D eigenvalue weighted by Crippen LogP contribution is 2.30. The Morgan fingerprint density at radius 3 is 2.50 bits per heavy atom. The van der Waals surface area contributed by atoms with Gasteiger partial charge in [0.1, 0.15) is 0 Å². The highest BCUT2D eigenvalue weighted by atomic mass is 35.5. The second-order valence-corrected chi connectivity index (χ2v) is 8.28. The van der Waals surface area contributed by atoms with Gasteiger partial charge in [0.05, 0.1) is 17.2 Å².